The summed E-state index contributed by atoms with van der Waals surface area (Å²) in [5, 5.41) is 2.72. The van der Waals surface area contributed by atoms with Crippen LogP contribution in [-0.2, 0) is 33.5 Å². The molecule has 0 bridgehead atoms. The number of amides is 2. The highest BCUT2D eigenvalue weighted by Crippen LogP contribution is 2.34. The number of hydrogen-bond acceptors (Lipinski definition) is 6. The van der Waals surface area contributed by atoms with Gasteiger partial charge in [-0.2, -0.15) is 13.2 Å². The zero-order valence-corrected chi connectivity index (χ0v) is 21.0. The molecule has 0 unspecified atom stereocenters. The van der Waals surface area contributed by atoms with Crippen LogP contribution in [0.15, 0.2) is 24.4 Å². The van der Waals surface area contributed by atoms with Crippen molar-refractivity contribution in [2.75, 3.05) is 12.3 Å². The van der Waals surface area contributed by atoms with Crippen molar-refractivity contribution < 1.29 is 32.3 Å². The number of alkyl halides is 3. The lowest BCUT2D eigenvalue weighted by Gasteiger charge is -2.34. The third-order valence-corrected chi connectivity index (χ3v) is 6.66. The molecule has 2 heterocycles. The molecule has 1 aromatic heterocycles. The Morgan fingerprint density at radius 1 is 1.23 bits per heavy atom. The van der Waals surface area contributed by atoms with Crippen LogP contribution < -0.4 is 5.32 Å². The van der Waals surface area contributed by atoms with E-state index in [0.717, 1.165) is 24.0 Å². The average molecular weight is 514 g/mol. The molecule has 35 heavy (non-hydrogen) atoms. The van der Waals surface area contributed by atoms with Crippen molar-refractivity contribution in [3.05, 3.63) is 41.2 Å². The van der Waals surface area contributed by atoms with Crippen LogP contribution in [0.4, 0.5) is 18.0 Å². The van der Waals surface area contributed by atoms with Crippen molar-refractivity contribution in [2.45, 2.75) is 64.9 Å². The summed E-state index contributed by atoms with van der Waals surface area (Å²) in [5.74, 6) is -0.655. The molecule has 1 aliphatic carbocycles. The molecule has 7 nitrogen and oxygen atoms in total. The first-order chi connectivity index (χ1) is 16.2. The van der Waals surface area contributed by atoms with Gasteiger partial charge in [-0.15, -0.1) is 0 Å². The van der Waals surface area contributed by atoms with Crippen molar-refractivity contribution in [2.24, 2.45) is 11.8 Å². The average Bonchev–Trinajstić information content (AvgIpc) is 3.12. The zero-order chi connectivity index (χ0) is 26.0. The molecule has 192 valence electrons. The molecule has 2 aliphatic rings. The normalized spacial score (nSPS) is 22.0. The largest absolute Gasteiger partial charge is 0.444 e. The Balaban J connectivity index is 1.79. The Kier molecular flexibility index (Phi) is 8.18. The molecule has 0 fully saturated rings. The van der Waals surface area contributed by atoms with Gasteiger partial charge in [0.1, 0.15) is 5.60 Å². The van der Waals surface area contributed by atoms with Crippen LogP contribution in [0, 0.1) is 11.8 Å². The third-order valence-electron chi connectivity index (χ3n) is 5.82. The fraction of sp³-hybridized carbons (Fsp3) is 0.583. The first kappa shape index (κ1) is 27.0. The molecule has 0 saturated carbocycles. The second-order valence-electron chi connectivity index (χ2n) is 9.71. The maximum atomic E-state index is 13.7. The second-order valence-corrected chi connectivity index (χ2v) is 11.0. The molecule has 0 spiro atoms. The van der Waals surface area contributed by atoms with Crippen LogP contribution in [0.5, 0.6) is 0 Å². The zero-order valence-electron chi connectivity index (χ0n) is 20.1. The van der Waals surface area contributed by atoms with E-state index >= 15 is 0 Å². The van der Waals surface area contributed by atoms with E-state index in [2.05, 4.69) is 10.3 Å². The van der Waals surface area contributed by atoms with Gasteiger partial charge in [-0.1, -0.05) is 23.9 Å². The summed E-state index contributed by atoms with van der Waals surface area (Å²) in [7, 11) is 0. The minimum Gasteiger partial charge on any atom is -0.444 e. The summed E-state index contributed by atoms with van der Waals surface area (Å²) in [4.78, 5) is 42.9. The van der Waals surface area contributed by atoms with E-state index in [-0.39, 0.29) is 23.5 Å². The molecule has 1 aromatic rings. The van der Waals surface area contributed by atoms with Gasteiger partial charge in [0.2, 0.25) is 5.91 Å². The van der Waals surface area contributed by atoms with Gasteiger partial charge in [-0.3, -0.25) is 14.6 Å². The number of aromatic nitrogens is 1. The summed E-state index contributed by atoms with van der Waals surface area (Å²) in [6.45, 7) is 6.99. The number of thioether (sulfide) groups is 1. The number of hydrogen-bond donors (Lipinski definition) is 1. The molecule has 3 atom stereocenters. The Bertz CT molecular complexity index is 1010. The number of ether oxygens (including phenoxy) is 1. The Labute approximate surface area is 206 Å². The highest BCUT2D eigenvalue weighted by molar-refractivity contribution is 8.13. The van der Waals surface area contributed by atoms with Gasteiger partial charge in [0.25, 0.3) is 0 Å². The third kappa shape index (κ3) is 7.22. The maximum Gasteiger partial charge on any atom is 0.417 e. The van der Waals surface area contributed by atoms with Gasteiger partial charge >= 0.3 is 12.3 Å². The number of halogens is 3. The summed E-state index contributed by atoms with van der Waals surface area (Å²) in [6.07, 6.45) is 0.115. The van der Waals surface area contributed by atoms with Gasteiger partial charge in [-0.25, -0.2) is 4.79 Å². The lowest BCUT2D eigenvalue weighted by atomic mass is 9.88. The van der Waals surface area contributed by atoms with Crippen LogP contribution in [0.2, 0.25) is 0 Å². The molecule has 1 N–H and O–H groups in total. The molecule has 0 radical (unpaired) electrons. The fourth-order valence-corrected chi connectivity index (χ4v) is 4.96. The second kappa shape index (κ2) is 10.6. The number of pyridine rings is 1. The van der Waals surface area contributed by atoms with Crippen molar-refractivity contribution in [3.63, 3.8) is 0 Å². The first-order valence-electron chi connectivity index (χ1n) is 11.4. The predicted molar refractivity (Wildman–Crippen MR) is 125 cm³/mol. The van der Waals surface area contributed by atoms with Gasteiger partial charge in [0, 0.05) is 44.1 Å². The highest BCUT2D eigenvalue weighted by Gasteiger charge is 2.41. The number of fused-ring (bicyclic) bond motifs is 1. The molecule has 2 amide bonds. The van der Waals surface area contributed by atoms with E-state index in [4.69, 9.17) is 4.74 Å². The van der Waals surface area contributed by atoms with E-state index in [1.165, 1.54) is 11.8 Å². The van der Waals surface area contributed by atoms with Gasteiger partial charge < -0.3 is 15.0 Å². The number of carbonyl (C=O) groups excluding carboxylic acids is 3. The van der Waals surface area contributed by atoms with Crippen LogP contribution in [-0.4, -0.2) is 50.9 Å². The minimum absolute atomic E-state index is 0.00958. The molecule has 11 heteroatoms. The van der Waals surface area contributed by atoms with Crippen molar-refractivity contribution in [1.29, 1.82) is 0 Å². The van der Waals surface area contributed by atoms with Crippen LogP contribution >= 0.6 is 11.8 Å². The molecular formula is C24H30F3N3O4S. The lowest BCUT2D eigenvalue weighted by molar-refractivity contribution is -0.138. The molecule has 0 saturated heterocycles. The molecular weight excluding hydrogens is 483 g/mol. The van der Waals surface area contributed by atoms with E-state index in [9.17, 15) is 27.6 Å². The minimum atomic E-state index is -4.52. The van der Waals surface area contributed by atoms with E-state index in [1.807, 2.05) is 6.08 Å². The lowest BCUT2D eigenvalue weighted by Crippen LogP contribution is -2.49. The molecule has 3 rings (SSSR count). The first-order valence-corrected chi connectivity index (χ1v) is 12.4. The van der Waals surface area contributed by atoms with Gasteiger partial charge in [0.05, 0.1) is 17.5 Å². The molecule has 0 aromatic carbocycles. The number of carbonyl (C=O) groups is 3. The Morgan fingerprint density at radius 3 is 2.57 bits per heavy atom. The number of nitrogens with one attached hydrogen (secondary N) is 1. The quantitative estimate of drug-likeness (QED) is 0.589. The standard InChI is InChI=1S/C24H30F3N3O4S/c1-14(31)35-10-8-15-5-6-19(29-22(33)34-23(2,3)4)20(15)21(32)30-9-7-18-16(13-30)11-17(12-28-18)24(25,26)27/h5-6,11-12,15,19-20H,7-10,13H2,1-4H3,(H,29,33)/t15-,19+,20-/m0/s1. The fourth-order valence-electron chi connectivity index (χ4n) is 4.28. The predicted octanol–water partition coefficient (Wildman–Crippen LogP) is 4.35. The van der Waals surface area contributed by atoms with Crippen LogP contribution in [0.1, 0.15) is 50.9 Å². The van der Waals surface area contributed by atoms with E-state index in [1.54, 1.807) is 26.8 Å². The summed E-state index contributed by atoms with van der Waals surface area (Å²) in [5.41, 5.74) is -0.657. The molecule has 1 aliphatic heterocycles. The van der Waals surface area contributed by atoms with Crippen molar-refractivity contribution in [1.82, 2.24) is 15.2 Å². The Morgan fingerprint density at radius 2 is 1.94 bits per heavy atom. The van der Waals surface area contributed by atoms with Gasteiger partial charge in [-0.05, 0) is 44.7 Å². The SMILES string of the molecule is CC(=O)SCC[C@@H]1C=C[C@@H](NC(=O)OC(C)(C)C)[C@H]1C(=O)N1CCc2ncc(C(F)(F)F)cc2C1. The highest BCUT2D eigenvalue weighted by atomic mass is 32.2. The van der Waals surface area contributed by atoms with E-state index < -0.39 is 35.4 Å². The smallest absolute Gasteiger partial charge is 0.417 e. The van der Waals surface area contributed by atoms with Crippen molar-refractivity contribution >= 4 is 28.9 Å². The van der Waals surface area contributed by atoms with E-state index in [0.29, 0.717) is 36.4 Å². The summed E-state index contributed by atoms with van der Waals surface area (Å²) >= 11 is 1.16. The summed E-state index contributed by atoms with van der Waals surface area (Å²) < 4.78 is 44.8. The topological polar surface area (TPSA) is 88.6 Å². The van der Waals surface area contributed by atoms with Crippen molar-refractivity contribution in [3.8, 4) is 0 Å². The maximum absolute atomic E-state index is 13.7. The number of rotatable bonds is 5. The van der Waals surface area contributed by atoms with Crippen LogP contribution in [0.3, 0.4) is 0 Å². The number of allylic oxidation sites excluding steroid dienone is 1. The Hall–Kier alpha value is -2.56. The van der Waals surface area contributed by atoms with Gasteiger partial charge in [0.15, 0.2) is 5.12 Å². The number of alkyl carbamates (subject to hydrolysis) is 1. The summed E-state index contributed by atoms with van der Waals surface area (Å²) in [6, 6.07) is 0.414. The number of nitrogens with zero attached hydrogens (tertiary/aromatic N) is 2. The monoisotopic (exact) mass is 513 g/mol. The van der Waals surface area contributed by atoms with Crippen LogP contribution in [0.25, 0.3) is 0 Å².